The van der Waals surface area contributed by atoms with Gasteiger partial charge in [0.05, 0.1) is 17.3 Å². The number of hydrogen-bond donors (Lipinski definition) is 2. The first-order chi connectivity index (χ1) is 20.1. The van der Waals surface area contributed by atoms with Crippen molar-refractivity contribution in [3.05, 3.63) is 92.0 Å². The topological polar surface area (TPSA) is 125 Å². The highest BCUT2D eigenvalue weighted by Gasteiger charge is 2.22. The van der Waals surface area contributed by atoms with E-state index in [4.69, 9.17) is 18.6 Å². The third kappa shape index (κ3) is 7.24. The van der Waals surface area contributed by atoms with Crippen molar-refractivity contribution < 1.29 is 33.3 Å². The average molecular weight is 703 g/mol. The van der Waals surface area contributed by atoms with Gasteiger partial charge in [-0.3, -0.25) is 4.79 Å². The zero-order valence-corrected chi connectivity index (χ0v) is 26.5. The van der Waals surface area contributed by atoms with Crippen molar-refractivity contribution in [2.45, 2.75) is 40.4 Å². The smallest absolute Gasteiger partial charge is 0.344 e. The second kappa shape index (κ2) is 13.8. The SMILES string of the molecule is CCOc1cc(/C=N/NC(=O)c2ccc(COc3ccc(-n4c(C)ccc4C)cc3)o2)c(Br)c(Br)c1O[C@@H](C)C(=O)O. The van der Waals surface area contributed by atoms with Crippen LogP contribution in [-0.2, 0) is 11.4 Å². The van der Waals surface area contributed by atoms with Crippen LogP contribution in [0.4, 0.5) is 0 Å². The van der Waals surface area contributed by atoms with Gasteiger partial charge in [0, 0.05) is 27.1 Å². The summed E-state index contributed by atoms with van der Waals surface area (Å²) in [5.41, 5.74) is 6.32. The molecule has 0 bridgehead atoms. The van der Waals surface area contributed by atoms with E-state index in [2.05, 4.69) is 72.9 Å². The number of halogens is 2. The van der Waals surface area contributed by atoms with Crippen molar-refractivity contribution in [1.82, 2.24) is 9.99 Å². The Labute approximate surface area is 259 Å². The van der Waals surface area contributed by atoms with E-state index in [1.807, 2.05) is 24.3 Å². The number of ether oxygens (including phenoxy) is 3. The van der Waals surface area contributed by atoms with Gasteiger partial charge in [0.15, 0.2) is 23.4 Å². The Kier molecular flexibility index (Phi) is 10.1. The molecule has 0 saturated heterocycles. The van der Waals surface area contributed by atoms with Crippen molar-refractivity contribution in [3.8, 4) is 22.9 Å². The first-order valence-corrected chi connectivity index (χ1v) is 14.5. The maximum absolute atomic E-state index is 12.6. The maximum atomic E-state index is 12.6. The molecule has 1 atom stereocenters. The van der Waals surface area contributed by atoms with E-state index in [9.17, 15) is 14.7 Å². The van der Waals surface area contributed by atoms with E-state index in [1.165, 1.54) is 13.1 Å². The molecule has 0 unspecified atom stereocenters. The van der Waals surface area contributed by atoms with Crippen molar-refractivity contribution in [1.29, 1.82) is 0 Å². The Morgan fingerprint density at radius 2 is 1.74 bits per heavy atom. The molecule has 10 nitrogen and oxygen atoms in total. The van der Waals surface area contributed by atoms with Gasteiger partial charge in [-0.05, 0) is 114 Å². The predicted molar refractivity (Wildman–Crippen MR) is 164 cm³/mol. The standard InChI is InChI=1S/C30H29Br2N3O7/c1-5-39-25-14-20(26(31)27(32)28(25)41-19(4)30(37)38)15-33-34-29(36)24-13-12-23(42-24)16-40-22-10-8-21(9-11-22)35-17(2)6-7-18(35)3/h6-15,19H,5,16H2,1-4H3,(H,34,36)(H,37,38)/b33-15+/t19-/m0/s1. The first kappa shape index (κ1) is 30.9. The van der Waals surface area contributed by atoms with Gasteiger partial charge >= 0.3 is 11.9 Å². The summed E-state index contributed by atoms with van der Waals surface area (Å²) in [5, 5.41) is 13.2. The van der Waals surface area contributed by atoms with E-state index < -0.39 is 18.0 Å². The van der Waals surface area contributed by atoms with Crippen molar-refractivity contribution in [2.24, 2.45) is 5.10 Å². The number of carboxylic acids is 1. The molecule has 220 valence electrons. The van der Waals surface area contributed by atoms with E-state index in [0.717, 1.165) is 17.1 Å². The number of carbonyl (C=O) groups excluding carboxylic acids is 1. The molecule has 0 aliphatic heterocycles. The van der Waals surface area contributed by atoms with Crippen molar-refractivity contribution in [2.75, 3.05) is 6.61 Å². The molecular weight excluding hydrogens is 674 g/mol. The van der Waals surface area contributed by atoms with E-state index in [-0.39, 0.29) is 18.1 Å². The van der Waals surface area contributed by atoms with Crippen LogP contribution in [0.25, 0.3) is 5.69 Å². The number of benzene rings is 2. The van der Waals surface area contributed by atoms with E-state index >= 15 is 0 Å². The zero-order valence-electron chi connectivity index (χ0n) is 23.3. The van der Waals surface area contributed by atoms with Crippen molar-refractivity contribution >= 4 is 50.0 Å². The Hall–Kier alpha value is -4.03. The van der Waals surface area contributed by atoms with Gasteiger partial charge in [0.2, 0.25) is 0 Å². The Balaban J connectivity index is 1.37. The maximum Gasteiger partial charge on any atom is 0.344 e. The van der Waals surface area contributed by atoms with Gasteiger partial charge < -0.3 is 28.3 Å². The summed E-state index contributed by atoms with van der Waals surface area (Å²) in [7, 11) is 0. The number of nitrogens with zero attached hydrogens (tertiary/aromatic N) is 2. The lowest BCUT2D eigenvalue weighted by Crippen LogP contribution is -2.23. The third-order valence-corrected chi connectivity index (χ3v) is 8.24. The molecule has 42 heavy (non-hydrogen) atoms. The number of carboxylic acid groups (broad SMARTS) is 1. The highest BCUT2D eigenvalue weighted by Crippen LogP contribution is 2.43. The molecule has 0 spiro atoms. The van der Waals surface area contributed by atoms with Crippen LogP contribution in [0.15, 0.2) is 73.1 Å². The minimum atomic E-state index is -1.12. The molecule has 0 aliphatic rings. The number of carbonyl (C=O) groups is 2. The molecule has 2 heterocycles. The molecule has 0 radical (unpaired) electrons. The molecule has 0 aliphatic carbocycles. The van der Waals surface area contributed by atoms with Gasteiger partial charge in [0.25, 0.3) is 0 Å². The third-order valence-electron chi connectivity index (χ3n) is 6.10. The Morgan fingerprint density at radius 3 is 2.38 bits per heavy atom. The molecule has 12 heteroatoms. The highest BCUT2D eigenvalue weighted by molar-refractivity contribution is 9.13. The molecule has 0 saturated carbocycles. The van der Waals surface area contributed by atoms with Crippen LogP contribution in [0.5, 0.6) is 17.2 Å². The number of rotatable bonds is 12. The van der Waals surface area contributed by atoms with Gasteiger partial charge in [-0.1, -0.05) is 0 Å². The normalized spacial score (nSPS) is 11.9. The lowest BCUT2D eigenvalue weighted by atomic mass is 10.2. The summed E-state index contributed by atoms with van der Waals surface area (Å²) >= 11 is 6.87. The summed E-state index contributed by atoms with van der Waals surface area (Å²) < 4.78 is 25.8. The van der Waals surface area contributed by atoms with Crippen LogP contribution in [-0.4, -0.2) is 40.5 Å². The molecule has 2 aromatic carbocycles. The number of aromatic nitrogens is 1. The summed E-state index contributed by atoms with van der Waals surface area (Å²) in [4.78, 5) is 23.9. The van der Waals surface area contributed by atoms with Gasteiger partial charge in [-0.2, -0.15) is 5.10 Å². The fourth-order valence-electron chi connectivity index (χ4n) is 4.01. The van der Waals surface area contributed by atoms with Gasteiger partial charge in [-0.15, -0.1) is 0 Å². The van der Waals surface area contributed by atoms with Gasteiger partial charge in [-0.25, -0.2) is 10.2 Å². The van der Waals surface area contributed by atoms with Crippen LogP contribution in [0.3, 0.4) is 0 Å². The predicted octanol–water partition coefficient (Wildman–Crippen LogP) is 6.81. The van der Waals surface area contributed by atoms with Gasteiger partial charge in [0.1, 0.15) is 18.1 Å². The molecule has 0 fully saturated rings. The molecule has 4 rings (SSSR count). The molecule has 2 aromatic heterocycles. The Morgan fingerprint density at radius 1 is 1.05 bits per heavy atom. The average Bonchev–Trinajstić information content (AvgIpc) is 3.58. The van der Waals surface area contributed by atoms with Crippen LogP contribution >= 0.6 is 31.9 Å². The lowest BCUT2D eigenvalue weighted by molar-refractivity contribution is -0.144. The second-order valence-corrected chi connectivity index (χ2v) is 10.7. The number of hydrogen-bond acceptors (Lipinski definition) is 7. The van der Waals surface area contributed by atoms with Crippen LogP contribution in [0.1, 0.15) is 47.1 Å². The molecule has 2 N–H and O–H groups in total. The highest BCUT2D eigenvalue weighted by atomic mass is 79.9. The summed E-state index contributed by atoms with van der Waals surface area (Å²) in [6, 6.07) is 16.7. The second-order valence-electron chi connectivity index (χ2n) is 9.15. The number of furan rings is 1. The number of aliphatic carboxylic acids is 1. The summed E-state index contributed by atoms with van der Waals surface area (Å²) in [6.07, 6.45) is 0.312. The largest absolute Gasteiger partial charge is 0.490 e. The van der Waals surface area contributed by atoms with Crippen LogP contribution in [0.2, 0.25) is 0 Å². The molecule has 4 aromatic rings. The van der Waals surface area contributed by atoms with Crippen LogP contribution < -0.4 is 19.6 Å². The first-order valence-electron chi connectivity index (χ1n) is 12.9. The fourth-order valence-corrected chi connectivity index (χ4v) is 4.93. The number of nitrogens with one attached hydrogen (secondary N) is 1. The number of aryl methyl sites for hydroxylation is 2. The molecule has 1 amide bonds. The van der Waals surface area contributed by atoms with E-state index in [1.54, 1.807) is 25.1 Å². The zero-order chi connectivity index (χ0) is 30.4. The monoisotopic (exact) mass is 701 g/mol. The number of amides is 1. The molecular formula is C30H29Br2N3O7. The number of hydrazone groups is 1. The minimum Gasteiger partial charge on any atom is -0.490 e. The van der Waals surface area contributed by atoms with Crippen molar-refractivity contribution in [3.63, 3.8) is 0 Å². The van der Waals surface area contributed by atoms with Crippen LogP contribution in [0, 0.1) is 13.8 Å². The summed E-state index contributed by atoms with van der Waals surface area (Å²) in [5.74, 6) is 0.0978. The quantitative estimate of drug-likeness (QED) is 0.123. The van der Waals surface area contributed by atoms with E-state index in [0.29, 0.717) is 38.4 Å². The lowest BCUT2D eigenvalue weighted by Gasteiger charge is -2.18. The summed E-state index contributed by atoms with van der Waals surface area (Å²) in [6.45, 7) is 7.79. The fraction of sp³-hybridized carbons (Fsp3) is 0.233. The minimum absolute atomic E-state index is 0.0707. The Bertz CT molecular complexity index is 1590.